The molecule has 0 aliphatic carbocycles. The second-order valence-corrected chi connectivity index (χ2v) is 7.32. The Morgan fingerprint density at radius 1 is 0.630 bits per heavy atom. The van der Waals surface area contributed by atoms with Gasteiger partial charge in [0.15, 0.2) is 5.78 Å². The Balaban J connectivity index is 3.48. The Morgan fingerprint density at radius 2 is 1.00 bits per heavy atom. The van der Waals surface area contributed by atoms with E-state index in [1.165, 1.54) is 70.6 Å². The van der Waals surface area contributed by atoms with Crippen LogP contribution in [0.5, 0.6) is 0 Å². The highest BCUT2D eigenvalue weighted by Gasteiger charge is 2.18. The predicted octanol–water partition coefficient (Wildman–Crippen LogP) is 5.91. The van der Waals surface area contributed by atoms with Gasteiger partial charge in [-0.1, -0.05) is 96.8 Å². The molecule has 0 fully saturated rings. The summed E-state index contributed by atoms with van der Waals surface area (Å²) in [5.41, 5.74) is -0.632. The fourth-order valence-electron chi connectivity index (χ4n) is 3.18. The maximum Gasteiger partial charge on any atom is 0.339 e. The fourth-order valence-corrected chi connectivity index (χ4v) is 3.18. The smallest absolute Gasteiger partial charge is 0.339 e. The van der Waals surface area contributed by atoms with Gasteiger partial charge in [-0.25, -0.2) is 9.59 Å². The molecule has 0 aliphatic heterocycles. The maximum atomic E-state index is 11.7. The van der Waals surface area contributed by atoms with E-state index in [2.05, 4.69) is 6.92 Å². The Kier molecular flexibility index (Phi) is 16.7. The van der Waals surface area contributed by atoms with E-state index in [1.807, 2.05) is 0 Å². The lowest BCUT2D eigenvalue weighted by atomic mass is 10.0. The van der Waals surface area contributed by atoms with Crippen molar-refractivity contribution < 1.29 is 24.6 Å². The minimum absolute atomic E-state index is 0.101. The minimum Gasteiger partial charge on any atom is -0.478 e. The van der Waals surface area contributed by atoms with Crippen LogP contribution in [0, 0.1) is 0 Å². The van der Waals surface area contributed by atoms with Crippen LogP contribution in [0.25, 0.3) is 0 Å². The molecule has 0 aromatic rings. The monoisotopic (exact) mass is 382 g/mol. The third-order valence-corrected chi connectivity index (χ3v) is 4.81. The molecule has 0 saturated heterocycles. The molecule has 0 aromatic heterocycles. The molecule has 0 aliphatic rings. The number of ketones is 1. The molecule has 156 valence electrons. The second-order valence-electron chi connectivity index (χ2n) is 7.32. The molecule has 0 bridgehead atoms. The lowest BCUT2D eigenvalue weighted by Crippen LogP contribution is -2.14. The van der Waals surface area contributed by atoms with Crippen molar-refractivity contribution in [2.24, 2.45) is 0 Å². The molecule has 27 heavy (non-hydrogen) atoms. The molecule has 0 saturated carbocycles. The average Bonchev–Trinajstić information content (AvgIpc) is 2.62. The lowest BCUT2D eigenvalue weighted by Gasteiger charge is -2.04. The third-order valence-electron chi connectivity index (χ3n) is 4.81. The average molecular weight is 383 g/mol. The van der Waals surface area contributed by atoms with Crippen LogP contribution in [-0.2, 0) is 14.4 Å². The van der Waals surface area contributed by atoms with Gasteiger partial charge in [0, 0.05) is 12.5 Å². The van der Waals surface area contributed by atoms with Gasteiger partial charge in [-0.15, -0.1) is 0 Å². The largest absolute Gasteiger partial charge is 0.478 e. The van der Waals surface area contributed by atoms with E-state index in [-0.39, 0.29) is 6.42 Å². The number of aliphatic carboxylic acids is 2. The number of Topliss-reactive ketones (excluding diaryl/α,β-unsaturated/α-hetero) is 1. The van der Waals surface area contributed by atoms with Crippen molar-refractivity contribution in [3.63, 3.8) is 0 Å². The van der Waals surface area contributed by atoms with E-state index in [0.29, 0.717) is 12.5 Å². The SMILES string of the molecule is CCCCCCCCCCCCCCCCCC(=O)/C(=C\C(=O)O)C(=O)O. The minimum atomic E-state index is -1.47. The van der Waals surface area contributed by atoms with Crippen LogP contribution in [0.2, 0.25) is 0 Å². The summed E-state index contributed by atoms with van der Waals surface area (Å²) in [6, 6.07) is 0. The molecular formula is C22H38O5. The first-order valence-corrected chi connectivity index (χ1v) is 10.7. The van der Waals surface area contributed by atoms with Crippen molar-refractivity contribution in [2.75, 3.05) is 0 Å². The number of rotatable bonds is 19. The summed E-state index contributed by atoms with van der Waals surface area (Å²) in [6.45, 7) is 2.24. The highest BCUT2D eigenvalue weighted by atomic mass is 16.4. The van der Waals surface area contributed by atoms with E-state index >= 15 is 0 Å². The van der Waals surface area contributed by atoms with Crippen LogP contribution in [-0.4, -0.2) is 27.9 Å². The number of carboxylic acids is 2. The van der Waals surface area contributed by atoms with Gasteiger partial charge in [0.25, 0.3) is 0 Å². The molecule has 0 rings (SSSR count). The molecule has 2 N–H and O–H groups in total. The number of hydrogen-bond donors (Lipinski definition) is 2. The van der Waals surface area contributed by atoms with Crippen LogP contribution >= 0.6 is 0 Å². The zero-order valence-corrected chi connectivity index (χ0v) is 17.0. The van der Waals surface area contributed by atoms with Crippen molar-refractivity contribution in [1.29, 1.82) is 0 Å². The molecule has 0 unspecified atom stereocenters. The quantitative estimate of drug-likeness (QED) is 0.125. The molecule has 0 atom stereocenters. The number of carboxylic acid groups (broad SMARTS) is 2. The summed E-state index contributed by atoms with van der Waals surface area (Å²) < 4.78 is 0. The van der Waals surface area contributed by atoms with Crippen molar-refractivity contribution in [1.82, 2.24) is 0 Å². The summed E-state index contributed by atoms with van der Waals surface area (Å²) in [5, 5.41) is 17.5. The molecule has 0 aromatic carbocycles. The molecule has 0 radical (unpaired) electrons. The summed E-state index contributed by atoms with van der Waals surface area (Å²) >= 11 is 0. The van der Waals surface area contributed by atoms with Gasteiger partial charge in [-0.3, -0.25) is 4.79 Å². The van der Waals surface area contributed by atoms with Crippen molar-refractivity contribution in [3.05, 3.63) is 11.6 Å². The van der Waals surface area contributed by atoms with Crippen LogP contribution < -0.4 is 0 Å². The Labute approximate surface area is 164 Å². The summed E-state index contributed by atoms with van der Waals surface area (Å²) in [6.07, 6.45) is 18.9. The van der Waals surface area contributed by atoms with Crippen molar-refractivity contribution in [2.45, 2.75) is 110 Å². The number of carbonyl (C=O) groups is 3. The van der Waals surface area contributed by atoms with Gasteiger partial charge in [-0.2, -0.15) is 0 Å². The molecule has 0 spiro atoms. The van der Waals surface area contributed by atoms with Gasteiger partial charge >= 0.3 is 11.9 Å². The van der Waals surface area contributed by atoms with E-state index in [9.17, 15) is 14.4 Å². The van der Waals surface area contributed by atoms with Gasteiger partial charge in [-0.05, 0) is 6.42 Å². The topological polar surface area (TPSA) is 91.7 Å². The highest BCUT2D eigenvalue weighted by Crippen LogP contribution is 2.14. The van der Waals surface area contributed by atoms with Crippen molar-refractivity contribution in [3.8, 4) is 0 Å². The first kappa shape index (κ1) is 25.4. The first-order valence-electron chi connectivity index (χ1n) is 10.7. The molecule has 0 amide bonds. The third kappa shape index (κ3) is 16.3. The molecule has 5 heteroatoms. The highest BCUT2D eigenvalue weighted by molar-refractivity contribution is 6.19. The van der Waals surface area contributed by atoms with E-state index in [4.69, 9.17) is 10.2 Å². The summed E-state index contributed by atoms with van der Waals surface area (Å²) in [5.74, 6) is -3.47. The zero-order chi connectivity index (χ0) is 20.3. The van der Waals surface area contributed by atoms with Gasteiger partial charge < -0.3 is 10.2 Å². The van der Waals surface area contributed by atoms with E-state index in [1.54, 1.807) is 0 Å². The molecule has 5 nitrogen and oxygen atoms in total. The first-order chi connectivity index (χ1) is 13.0. The maximum absolute atomic E-state index is 11.7. The predicted molar refractivity (Wildman–Crippen MR) is 108 cm³/mol. The van der Waals surface area contributed by atoms with E-state index < -0.39 is 23.3 Å². The van der Waals surface area contributed by atoms with Crippen LogP contribution in [0.3, 0.4) is 0 Å². The van der Waals surface area contributed by atoms with Gasteiger partial charge in [0.1, 0.15) is 5.57 Å². The fraction of sp³-hybridized carbons (Fsp3) is 0.773. The van der Waals surface area contributed by atoms with Gasteiger partial charge in [0.2, 0.25) is 0 Å². The lowest BCUT2D eigenvalue weighted by molar-refractivity contribution is -0.137. The number of hydrogen-bond acceptors (Lipinski definition) is 3. The summed E-state index contributed by atoms with van der Waals surface area (Å²) in [4.78, 5) is 33.2. The second kappa shape index (κ2) is 17.7. The number of carbonyl (C=O) groups excluding carboxylic acids is 1. The molecular weight excluding hydrogens is 344 g/mol. The normalized spacial score (nSPS) is 11.5. The standard InChI is InChI=1S/C22H38O5/c1-2-3-4-5-6-7-8-9-10-11-12-13-14-15-16-17-20(23)19(22(26)27)18-21(24)25/h18H,2-17H2,1H3,(H,24,25)(H,26,27)/b19-18+. The Bertz CT molecular complexity index is 454. The Hall–Kier alpha value is -1.65. The van der Waals surface area contributed by atoms with E-state index in [0.717, 1.165) is 19.3 Å². The van der Waals surface area contributed by atoms with Crippen molar-refractivity contribution >= 4 is 17.7 Å². The van der Waals surface area contributed by atoms with Crippen LogP contribution in [0.4, 0.5) is 0 Å². The number of unbranched alkanes of at least 4 members (excludes halogenated alkanes) is 14. The van der Waals surface area contributed by atoms with Crippen LogP contribution in [0.1, 0.15) is 110 Å². The molecule has 0 heterocycles. The van der Waals surface area contributed by atoms with Crippen LogP contribution in [0.15, 0.2) is 11.6 Å². The van der Waals surface area contributed by atoms with Gasteiger partial charge in [0.05, 0.1) is 0 Å². The zero-order valence-electron chi connectivity index (χ0n) is 17.0. The summed E-state index contributed by atoms with van der Waals surface area (Å²) in [7, 11) is 0. The Morgan fingerprint density at radius 3 is 1.33 bits per heavy atom.